The van der Waals surface area contributed by atoms with Gasteiger partial charge in [0.1, 0.15) is 11.4 Å². The van der Waals surface area contributed by atoms with Crippen molar-refractivity contribution in [1.82, 2.24) is 15.3 Å². The summed E-state index contributed by atoms with van der Waals surface area (Å²) in [6.45, 7) is 8.20. The Hall–Kier alpha value is -1.65. The number of nitrogens with zero attached hydrogens (tertiary/aromatic N) is 1. The van der Waals surface area contributed by atoms with Crippen LogP contribution >= 0.6 is 0 Å². The largest absolute Gasteiger partial charge is 0.351 e. The third kappa shape index (κ3) is 3.42. The molecular formula is C13H21N3O2. The Kier molecular flexibility index (Phi) is 5.07. The third-order valence-corrected chi connectivity index (χ3v) is 2.71. The maximum absolute atomic E-state index is 11.9. The number of carbonyl (C=O) groups is 1. The molecule has 0 radical (unpaired) electrons. The molecule has 0 atom stereocenters. The zero-order valence-corrected chi connectivity index (χ0v) is 11.5. The number of hydrogen-bond donors (Lipinski definition) is 2. The molecule has 1 aromatic rings. The zero-order valence-electron chi connectivity index (χ0n) is 11.5. The van der Waals surface area contributed by atoms with Crippen LogP contribution in [0.4, 0.5) is 0 Å². The molecule has 0 fully saturated rings. The number of nitrogens with one attached hydrogen (secondary N) is 2. The van der Waals surface area contributed by atoms with Crippen molar-refractivity contribution in [2.45, 2.75) is 46.5 Å². The molecule has 0 saturated heterocycles. The SMILES string of the molecule is CCCCNC(=O)c1[nH]c(=O)c(C(C)C)nc1C. The molecule has 18 heavy (non-hydrogen) atoms. The predicted octanol–water partition coefficient (Wildman–Crippen LogP) is 1.73. The number of aryl methyl sites for hydroxylation is 1. The van der Waals surface area contributed by atoms with E-state index < -0.39 is 0 Å². The van der Waals surface area contributed by atoms with Crippen molar-refractivity contribution in [1.29, 1.82) is 0 Å². The topological polar surface area (TPSA) is 74.8 Å². The summed E-state index contributed by atoms with van der Waals surface area (Å²) in [5.41, 5.74) is 1.02. The summed E-state index contributed by atoms with van der Waals surface area (Å²) in [4.78, 5) is 30.5. The van der Waals surface area contributed by atoms with E-state index in [1.54, 1.807) is 6.92 Å². The molecule has 0 aliphatic carbocycles. The number of unbranched alkanes of at least 4 members (excludes halogenated alkanes) is 1. The van der Waals surface area contributed by atoms with Crippen LogP contribution in [-0.4, -0.2) is 22.4 Å². The highest BCUT2D eigenvalue weighted by Crippen LogP contribution is 2.08. The van der Waals surface area contributed by atoms with E-state index in [9.17, 15) is 9.59 Å². The van der Waals surface area contributed by atoms with Crippen molar-refractivity contribution in [3.63, 3.8) is 0 Å². The lowest BCUT2D eigenvalue weighted by molar-refractivity contribution is 0.0946. The average Bonchev–Trinajstić information content (AvgIpc) is 2.31. The number of carbonyl (C=O) groups excluding carboxylic acids is 1. The van der Waals surface area contributed by atoms with Gasteiger partial charge in [-0.15, -0.1) is 0 Å². The highest BCUT2D eigenvalue weighted by molar-refractivity contribution is 5.93. The molecule has 0 aromatic carbocycles. The summed E-state index contributed by atoms with van der Waals surface area (Å²) in [5, 5.41) is 2.77. The van der Waals surface area contributed by atoms with Crippen LogP contribution < -0.4 is 10.9 Å². The molecule has 0 unspecified atom stereocenters. The van der Waals surface area contributed by atoms with Crippen LogP contribution in [0.5, 0.6) is 0 Å². The monoisotopic (exact) mass is 251 g/mol. The fraction of sp³-hybridized carbons (Fsp3) is 0.615. The van der Waals surface area contributed by atoms with Gasteiger partial charge >= 0.3 is 0 Å². The molecule has 1 aromatic heterocycles. The van der Waals surface area contributed by atoms with Gasteiger partial charge in [-0.1, -0.05) is 27.2 Å². The van der Waals surface area contributed by atoms with Crippen molar-refractivity contribution in [2.24, 2.45) is 0 Å². The summed E-state index contributed by atoms with van der Waals surface area (Å²) in [6.07, 6.45) is 1.94. The van der Waals surface area contributed by atoms with E-state index in [-0.39, 0.29) is 23.1 Å². The Morgan fingerprint density at radius 1 is 1.44 bits per heavy atom. The number of rotatable bonds is 5. The molecule has 0 spiro atoms. The fourth-order valence-electron chi connectivity index (χ4n) is 1.63. The lowest BCUT2D eigenvalue weighted by Crippen LogP contribution is -2.30. The smallest absolute Gasteiger partial charge is 0.270 e. The van der Waals surface area contributed by atoms with Crippen LogP contribution in [-0.2, 0) is 0 Å². The molecule has 0 aliphatic heterocycles. The van der Waals surface area contributed by atoms with Crippen molar-refractivity contribution in [2.75, 3.05) is 6.54 Å². The lowest BCUT2D eigenvalue weighted by atomic mass is 10.1. The maximum Gasteiger partial charge on any atom is 0.270 e. The molecule has 5 nitrogen and oxygen atoms in total. The standard InChI is InChI=1S/C13H21N3O2/c1-5-6-7-14-12(17)11-9(4)15-10(8(2)3)13(18)16-11/h8H,5-7H2,1-4H3,(H,14,17)(H,16,18). The summed E-state index contributed by atoms with van der Waals surface area (Å²) in [6, 6.07) is 0. The highest BCUT2D eigenvalue weighted by atomic mass is 16.2. The van der Waals surface area contributed by atoms with Crippen molar-refractivity contribution < 1.29 is 4.79 Å². The second-order valence-electron chi connectivity index (χ2n) is 4.68. The van der Waals surface area contributed by atoms with Crippen LogP contribution in [0.25, 0.3) is 0 Å². The van der Waals surface area contributed by atoms with Gasteiger partial charge in [0.25, 0.3) is 11.5 Å². The molecule has 100 valence electrons. The van der Waals surface area contributed by atoms with Gasteiger partial charge < -0.3 is 10.3 Å². The zero-order chi connectivity index (χ0) is 13.7. The Labute approximate surface area is 107 Å². The molecule has 0 saturated carbocycles. The van der Waals surface area contributed by atoms with Crippen LogP contribution in [0, 0.1) is 6.92 Å². The molecule has 2 N–H and O–H groups in total. The van der Waals surface area contributed by atoms with Gasteiger partial charge in [-0.25, -0.2) is 4.98 Å². The van der Waals surface area contributed by atoms with Crippen LogP contribution in [0.1, 0.15) is 61.4 Å². The van der Waals surface area contributed by atoms with E-state index in [4.69, 9.17) is 0 Å². The molecule has 5 heteroatoms. The average molecular weight is 251 g/mol. The van der Waals surface area contributed by atoms with Gasteiger partial charge in [0.15, 0.2) is 0 Å². The first-order valence-electron chi connectivity index (χ1n) is 6.36. The quantitative estimate of drug-likeness (QED) is 0.783. The minimum Gasteiger partial charge on any atom is -0.351 e. The van der Waals surface area contributed by atoms with Gasteiger partial charge in [-0.2, -0.15) is 0 Å². The Morgan fingerprint density at radius 2 is 2.11 bits per heavy atom. The first kappa shape index (κ1) is 14.4. The summed E-state index contributed by atoms with van der Waals surface area (Å²) in [7, 11) is 0. The van der Waals surface area contributed by atoms with Gasteiger partial charge in [-0.05, 0) is 13.3 Å². The van der Waals surface area contributed by atoms with E-state index in [1.165, 1.54) is 0 Å². The Bertz CT molecular complexity index is 478. The Balaban J connectivity index is 2.94. The highest BCUT2D eigenvalue weighted by Gasteiger charge is 2.15. The molecular weight excluding hydrogens is 230 g/mol. The normalized spacial score (nSPS) is 10.7. The minimum absolute atomic E-state index is 0.0460. The minimum atomic E-state index is -0.281. The summed E-state index contributed by atoms with van der Waals surface area (Å²) in [5.74, 6) is -0.217. The summed E-state index contributed by atoms with van der Waals surface area (Å²) >= 11 is 0. The van der Waals surface area contributed by atoms with E-state index in [0.717, 1.165) is 12.8 Å². The van der Waals surface area contributed by atoms with E-state index in [1.807, 2.05) is 13.8 Å². The van der Waals surface area contributed by atoms with E-state index in [0.29, 0.717) is 17.9 Å². The maximum atomic E-state index is 11.9. The number of H-pyrrole nitrogens is 1. The molecule has 1 amide bonds. The third-order valence-electron chi connectivity index (χ3n) is 2.71. The van der Waals surface area contributed by atoms with E-state index >= 15 is 0 Å². The molecule has 1 heterocycles. The lowest BCUT2D eigenvalue weighted by Gasteiger charge is -2.09. The van der Waals surface area contributed by atoms with Crippen molar-refractivity contribution in [3.05, 3.63) is 27.4 Å². The number of hydrogen-bond acceptors (Lipinski definition) is 3. The van der Waals surface area contributed by atoms with Crippen LogP contribution in [0.3, 0.4) is 0 Å². The predicted molar refractivity (Wildman–Crippen MR) is 70.9 cm³/mol. The molecule has 1 rings (SSSR count). The first-order valence-corrected chi connectivity index (χ1v) is 6.36. The van der Waals surface area contributed by atoms with Gasteiger partial charge in [0.05, 0.1) is 5.69 Å². The van der Waals surface area contributed by atoms with Crippen LogP contribution in [0.15, 0.2) is 4.79 Å². The molecule has 0 aliphatic rings. The second kappa shape index (κ2) is 6.33. The first-order chi connectivity index (χ1) is 8.47. The van der Waals surface area contributed by atoms with Gasteiger partial charge in [-0.3, -0.25) is 9.59 Å². The van der Waals surface area contributed by atoms with E-state index in [2.05, 4.69) is 22.2 Å². The summed E-state index contributed by atoms with van der Waals surface area (Å²) < 4.78 is 0. The molecule has 0 bridgehead atoms. The number of amides is 1. The van der Waals surface area contributed by atoms with Crippen molar-refractivity contribution >= 4 is 5.91 Å². The van der Waals surface area contributed by atoms with Gasteiger partial charge in [0, 0.05) is 12.5 Å². The fourth-order valence-corrected chi connectivity index (χ4v) is 1.63. The number of aromatic amines is 1. The number of aromatic nitrogens is 2. The van der Waals surface area contributed by atoms with Gasteiger partial charge in [0.2, 0.25) is 0 Å². The van der Waals surface area contributed by atoms with Crippen molar-refractivity contribution in [3.8, 4) is 0 Å². The van der Waals surface area contributed by atoms with Crippen LogP contribution in [0.2, 0.25) is 0 Å². The second-order valence-corrected chi connectivity index (χ2v) is 4.68. The Morgan fingerprint density at radius 3 is 2.67 bits per heavy atom.